The number of Topliss-reactive ketones (excluding diaryl/α,β-unsaturated/α-hetero) is 1. The second-order valence-electron chi connectivity index (χ2n) is 18.2. The van der Waals surface area contributed by atoms with Gasteiger partial charge in [0.2, 0.25) is 0 Å². The molecule has 0 bridgehead atoms. The van der Waals surface area contributed by atoms with Gasteiger partial charge in [0.1, 0.15) is 5.78 Å². The Morgan fingerprint density at radius 3 is 1.83 bits per heavy atom. The van der Waals surface area contributed by atoms with Crippen LogP contribution in [0.25, 0.3) is 0 Å². The SMILES string of the molecule is CC(=O)OCCC1CC2C(=O)C[C@H]3[C@@H]4CC[C@H]([C@H](C)C(CCOC(C)=O)C(CCOC(C)=O)CC(C)C)[C@@]4(C)CC[C@@H]3[C@@]2(C)CC1CCOC(C)=O. The largest absolute Gasteiger partial charge is 0.466 e. The molecule has 4 rings (SSSR count). The van der Waals surface area contributed by atoms with E-state index in [1.54, 1.807) is 0 Å². The molecule has 296 valence electrons. The molecule has 0 amide bonds. The zero-order chi connectivity index (χ0) is 38.4. The van der Waals surface area contributed by atoms with E-state index >= 15 is 0 Å². The van der Waals surface area contributed by atoms with Crippen LogP contribution in [0.3, 0.4) is 0 Å². The van der Waals surface area contributed by atoms with Crippen molar-refractivity contribution in [2.75, 3.05) is 26.4 Å². The quantitative estimate of drug-likeness (QED) is 0.107. The van der Waals surface area contributed by atoms with E-state index in [0.29, 0.717) is 91.9 Å². The lowest BCUT2D eigenvalue weighted by Gasteiger charge is -2.62. The van der Waals surface area contributed by atoms with Crippen LogP contribution in [0.2, 0.25) is 0 Å². The first kappa shape index (κ1) is 42.3. The molecule has 9 nitrogen and oxygen atoms in total. The van der Waals surface area contributed by atoms with Crippen LogP contribution in [0, 0.1) is 75.9 Å². The molecule has 0 spiro atoms. The van der Waals surface area contributed by atoms with Crippen molar-refractivity contribution in [2.45, 2.75) is 139 Å². The van der Waals surface area contributed by atoms with Gasteiger partial charge in [-0.1, -0.05) is 34.6 Å². The van der Waals surface area contributed by atoms with Gasteiger partial charge in [0, 0.05) is 40.0 Å². The third-order valence-electron chi connectivity index (χ3n) is 14.7. The second-order valence-corrected chi connectivity index (χ2v) is 18.2. The summed E-state index contributed by atoms with van der Waals surface area (Å²) in [4.78, 5) is 61.1. The fourth-order valence-electron chi connectivity index (χ4n) is 12.6. The molecule has 4 fully saturated rings. The van der Waals surface area contributed by atoms with E-state index < -0.39 is 0 Å². The highest BCUT2D eigenvalue weighted by Gasteiger charge is 2.63. The van der Waals surface area contributed by atoms with Crippen molar-refractivity contribution < 1.29 is 42.9 Å². The average molecular weight is 731 g/mol. The minimum atomic E-state index is -0.281. The maximum absolute atomic E-state index is 14.3. The van der Waals surface area contributed by atoms with Gasteiger partial charge in [-0.3, -0.25) is 24.0 Å². The first-order chi connectivity index (χ1) is 24.5. The fraction of sp³-hybridized carbons (Fsp3) is 0.884. The highest BCUT2D eigenvalue weighted by Crippen LogP contribution is 2.69. The van der Waals surface area contributed by atoms with E-state index in [-0.39, 0.29) is 46.5 Å². The Hall–Kier alpha value is -2.45. The third kappa shape index (κ3) is 9.99. The summed E-state index contributed by atoms with van der Waals surface area (Å²) in [5.74, 6) is 3.32. The summed E-state index contributed by atoms with van der Waals surface area (Å²) in [6.45, 7) is 19.2. The van der Waals surface area contributed by atoms with Crippen LogP contribution in [0.5, 0.6) is 0 Å². The van der Waals surface area contributed by atoms with E-state index in [4.69, 9.17) is 18.9 Å². The summed E-state index contributed by atoms with van der Waals surface area (Å²) in [6, 6.07) is 0. The summed E-state index contributed by atoms with van der Waals surface area (Å²) >= 11 is 0. The number of carbonyl (C=O) groups is 5. The maximum Gasteiger partial charge on any atom is 0.302 e. The molecular weight excluding hydrogens is 660 g/mol. The van der Waals surface area contributed by atoms with Crippen molar-refractivity contribution >= 4 is 29.7 Å². The molecule has 0 heterocycles. The van der Waals surface area contributed by atoms with E-state index in [2.05, 4.69) is 34.6 Å². The van der Waals surface area contributed by atoms with Crippen LogP contribution in [0.1, 0.15) is 139 Å². The summed E-state index contributed by atoms with van der Waals surface area (Å²) in [7, 11) is 0. The second kappa shape index (κ2) is 18.3. The number of esters is 4. The highest BCUT2D eigenvalue weighted by atomic mass is 16.5. The summed E-state index contributed by atoms with van der Waals surface area (Å²) < 4.78 is 21.8. The molecule has 0 aromatic heterocycles. The van der Waals surface area contributed by atoms with Gasteiger partial charge in [0.05, 0.1) is 26.4 Å². The molecule has 52 heavy (non-hydrogen) atoms. The van der Waals surface area contributed by atoms with Crippen molar-refractivity contribution in [3.63, 3.8) is 0 Å². The van der Waals surface area contributed by atoms with E-state index in [9.17, 15) is 24.0 Å². The Morgan fingerprint density at radius 1 is 0.712 bits per heavy atom. The van der Waals surface area contributed by atoms with Crippen LogP contribution in [-0.4, -0.2) is 56.1 Å². The number of ketones is 1. The standard InChI is InChI=1S/C43H70O9/c1-26(2)22-33(14-19-50-29(5)45)35(16-21-52-31(7)47)27(3)37-10-11-38-36-24-41(48)40-23-32(13-18-49-28(4)44)34(15-20-51-30(6)46)25-43(40,9)39(36)12-17-42(37,38)8/h26-27,32-40H,10-25H2,1-9H3/t27-,32?,33?,34?,35?,36+,37-,38+,39+,40?,42-,43-/m1/s1. The van der Waals surface area contributed by atoms with Crippen LogP contribution in [-0.2, 0) is 42.9 Å². The topological polar surface area (TPSA) is 122 Å². The molecule has 4 aliphatic carbocycles. The predicted octanol–water partition coefficient (Wildman–Crippen LogP) is 8.39. The summed E-state index contributed by atoms with van der Waals surface area (Å²) in [5.41, 5.74) is 0.0213. The van der Waals surface area contributed by atoms with Crippen molar-refractivity contribution in [3.05, 3.63) is 0 Å². The van der Waals surface area contributed by atoms with Gasteiger partial charge in [0.15, 0.2) is 0 Å². The lowest BCUT2D eigenvalue weighted by molar-refractivity contribution is -0.164. The Balaban J connectivity index is 1.57. The first-order valence-electron chi connectivity index (χ1n) is 20.5. The molecular formula is C43H70O9. The Bertz CT molecular complexity index is 1260. The molecule has 4 saturated carbocycles. The molecule has 0 saturated heterocycles. The lowest BCUT2D eigenvalue weighted by atomic mass is 9.42. The number of ether oxygens (including phenoxy) is 4. The Morgan fingerprint density at radius 2 is 1.25 bits per heavy atom. The minimum absolute atomic E-state index is 0.0150. The molecule has 5 unspecified atom stereocenters. The van der Waals surface area contributed by atoms with Crippen LogP contribution < -0.4 is 0 Å². The summed E-state index contributed by atoms with van der Waals surface area (Å²) in [5, 5.41) is 0. The van der Waals surface area contributed by atoms with E-state index in [1.165, 1.54) is 27.7 Å². The summed E-state index contributed by atoms with van der Waals surface area (Å²) in [6.07, 6.45) is 11.1. The van der Waals surface area contributed by atoms with Gasteiger partial charge in [-0.05, 0) is 141 Å². The van der Waals surface area contributed by atoms with Crippen LogP contribution >= 0.6 is 0 Å². The number of fused-ring (bicyclic) bond motifs is 5. The third-order valence-corrected chi connectivity index (χ3v) is 14.7. The number of carbonyl (C=O) groups excluding carboxylic acids is 5. The zero-order valence-corrected chi connectivity index (χ0v) is 33.8. The van der Waals surface area contributed by atoms with Gasteiger partial charge in [-0.25, -0.2) is 0 Å². The smallest absolute Gasteiger partial charge is 0.302 e. The number of hydrogen-bond donors (Lipinski definition) is 0. The van der Waals surface area contributed by atoms with Crippen molar-refractivity contribution in [1.82, 2.24) is 0 Å². The van der Waals surface area contributed by atoms with Gasteiger partial charge in [-0.15, -0.1) is 0 Å². The Labute approximate surface area is 313 Å². The Kier molecular flexibility index (Phi) is 14.8. The van der Waals surface area contributed by atoms with Crippen molar-refractivity contribution in [3.8, 4) is 0 Å². The molecule has 0 aromatic carbocycles. The average Bonchev–Trinajstić information content (AvgIpc) is 3.39. The molecule has 0 radical (unpaired) electrons. The van der Waals surface area contributed by atoms with Crippen molar-refractivity contribution in [1.29, 1.82) is 0 Å². The fourth-order valence-corrected chi connectivity index (χ4v) is 12.6. The molecule has 0 N–H and O–H groups in total. The van der Waals surface area contributed by atoms with Gasteiger partial charge >= 0.3 is 23.9 Å². The van der Waals surface area contributed by atoms with Crippen LogP contribution in [0.15, 0.2) is 0 Å². The van der Waals surface area contributed by atoms with Crippen LogP contribution in [0.4, 0.5) is 0 Å². The molecule has 0 aliphatic heterocycles. The van der Waals surface area contributed by atoms with Crippen molar-refractivity contribution in [2.24, 2.45) is 75.9 Å². The van der Waals surface area contributed by atoms with E-state index in [0.717, 1.165) is 70.6 Å². The minimum Gasteiger partial charge on any atom is -0.466 e. The van der Waals surface area contributed by atoms with Gasteiger partial charge < -0.3 is 18.9 Å². The number of hydrogen-bond acceptors (Lipinski definition) is 9. The lowest BCUT2D eigenvalue weighted by Crippen LogP contribution is -2.58. The normalized spacial score (nSPS) is 34.3. The molecule has 0 aromatic rings. The number of rotatable bonds is 17. The first-order valence-corrected chi connectivity index (χ1v) is 20.5. The predicted molar refractivity (Wildman–Crippen MR) is 199 cm³/mol. The van der Waals surface area contributed by atoms with Gasteiger partial charge in [-0.2, -0.15) is 0 Å². The maximum atomic E-state index is 14.3. The monoisotopic (exact) mass is 731 g/mol. The molecule has 12 atom stereocenters. The molecule has 9 heteroatoms. The van der Waals surface area contributed by atoms with Gasteiger partial charge in [0.25, 0.3) is 0 Å². The zero-order valence-electron chi connectivity index (χ0n) is 33.8. The molecule has 4 aliphatic rings. The highest BCUT2D eigenvalue weighted by molar-refractivity contribution is 5.83. The van der Waals surface area contributed by atoms with E-state index in [1.807, 2.05) is 0 Å².